The minimum atomic E-state index is 0.925. The zero-order chi connectivity index (χ0) is 30.5. The van der Waals surface area contributed by atoms with Gasteiger partial charge in [-0.15, -0.1) is 0 Å². The van der Waals surface area contributed by atoms with Crippen LogP contribution < -0.4 is 0 Å². The average molecular weight is 587 g/mol. The van der Waals surface area contributed by atoms with Crippen molar-refractivity contribution in [3.63, 3.8) is 0 Å². The van der Waals surface area contributed by atoms with Crippen molar-refractivity contribution in [2.75, 3.05) is 0 Å². The molecule has 0 spiro atoms. The number of rotatable bonds is 4. The molecule has 4 nitrogen and oxygen atoms in total. The third kappa shape index (κ3) is 4.39. The third-order valence-corrected chi connectivity index (χ3v) is 8.80. The maximum absolute atomic E-state index is 4.71. The van der Waals surface area contributed by atoms with E-state index < -0.39 is 0 Å². The van der Waals surface area contributed by atoms with Gasteiger partial charge in [-0.05, 0) is 99.1 Å². The lowest BCUT2D eigenvalue weighted by atomic mass is 9.92. The summed E-state index contributed by atoms with van der Waals surface area (Å²) in [5.41, 5.74) is 13.0. The Balaban J connectivity index is 1.13. The van der Waals surface area contributed by atoms with Crippen LogP contribution in [0, 0.1) is 0 Å². The summed E-state index contributed by atoms with van der Waals surface area (Å²) in [4.78, 5) is 18.7. The zero-order valence-corrected chi connectivity index (χ0v) is 24.8. The number of benzene rings is 5. The van der Waals surface area contributed by atoms with Crippen molar-refractivity contribution in [1.29, 1.82) is 0 Å². The molecule has 46 heavy (non-hydrogen) atoms. The molecule has 9 rings (SSSR count). The quantitative estimate of drug-likeness (QED) is 0.193. The largest absolute Gasteiger partial charge is 0.254 e. The molecule has 0 aliphatic rings. The van der Waals surface area contributed by atoms with Crippen LogP contribution in [0.4, 0.5) is 0 Å². The van der Waals surface area contributed by atoms with Gasteiger partial charge in [-0.2, -0.15) is 0 Å². The van der Waals surface area contributed by atoms with E-state index in [1.54, 1.807) is 0 Å². The molecule has 0 fully saturated rings. The number of hydrogen-bond donors (Lipinski definition) is 0. The number of nitrogens with zero attached hydrogens (tertiary/aromatic N) is 4. The molecule has 9 aromatic rings. The molecular weight excluding hydrogens is 560 g/mol. The van der Waals surface area contributed by atoms with Gasteiger partial charge >= 0.3 is 0 Å². The van der Waals surface area contributed by atoms with E-state index in [0.717, 1.165) is 77.0 Å². The number of fused-ring (bicyclic) bond motifs is 6. The molecule has 4 heterocycles. The van der Waals surface area contributed by atoms with Gasteiger partial charge in [0.15, 0.2) is 0 Å². The van der Waals surface area contributed by atoms with Crippen LogP contribution >= 0.6 is 0 Å². The van der Waals surface area contributed by atoms with E-state index in [1.165, 1.54) is 11.1 Å². The fourth-order valence-electron chi connectivity index (χ4n) is 6.64. The lowest BCUT2D eigenvalue weighted by molar-refractivity contribution is 1.37. The summed E-state index contributed by atoms with van der Waals surface area (Å²) >= 11 is 0. The first kappa shape index (κ1) is 26.2. The van der Waals surface area contributed by atoms with E-state index in [-0.39, 0.29) is 0 Å². The second-order valence-corrected chi connectivity index (χ2v) is 11.5. The molecule has 0 bridgehead atoms. The van der Waals surface area contributed by atoms with E-state index in [4.69, 9.17) is 9.97 Å². The smallest absolute Gasteiger partial charge is 0.0970 e. The Morgan fingerprint density at radius 3 is 1.07 bits per heavy atom. The molecule has 0 atom stereocenters. The van der Waals surface area contributed by atoms with Gasteiger partial charge in [0, 0.05) is 46.3 Å². The SMILES string of the molecule is c1cc(-c2cccc(-c3cc4cccnc4c4ncccc34)c2)cc(-c2cccc(-c3cc4cccnc4c4ncccc34)c2)c1. The van der Waals surface area contributed by atoms with Crippen molar-refractivity contribution in [3.05, 3.63) is 158 Å². The van der Waals surface area contributed by atoms with E-state index in [9.17, 15) is 0 Å². The van der Waals surface area contributed by atoms with Crippen molar-refractivity contribution >= 4 is 43.6 Å². The zero-order valence-electron chi connectivity index (χ0n) is 24.8. The molecule has 0 N–H and O–H groups in total. The summed E-state index contributed by atoms with van der Waals surface area (Å²) < 4.78 is 0. The molecular formula is C42H26N4. The average Bonchev–Trinajstić information content (AvgIpc) is 3.14. The standard InChI is InChI=1S/C42H26N4/c1-8-27(29-10-2-12-31(23-29)37-25-33-14-4-18-43-39(33)41-35(37)16-6-20-45-41)22-28(9-1)30-11-3-13-32(24-30)38-26-34-15-5-19-44-40(34)42-36(38)17-7-21-46-42/h1-26H. The predicted molar refractivity (Wildman–Crippen MR) is 189 cm³/mol. The van der Waals surface area contributed by atoms with Crippen LogP contribution in [0.25, 0.3) is 88.1 Å². The van der Waals surface area contributed by atoms with Gasteiger partial charge in [-0.3, -0.25) is 19.9 Å². The Morgan fingerprint density at radius 1 is 0.283 bits per heavy atom. The van der Waals surface area contributed by atoms with Gasteiger partial charge in [-0.25, -0.2) is 0 Å². The summed E-state index contributed by atoms with van der Waals surface area (Å²) in [7, 11) is 0. The Labute approximate surface area is 265 Å². The van der Waals surface area contributed by atoms with Crippen LogP contribution in [0.2, 0.25) is 0 Å². The molecule has 0 unspecified atom stereocenters. The van der Waals surface area contributed by atoms with Gasteiger partial charge in [0.1, 0.15) is 0 Å². The van der Waals surface area contributed by atoms with Crippen LogP contribution in [0.3, 0.4) is 0 Å². The molecule has 5 aromatic carbocycles. The van der Waals surface area contributed by atoms with Gasteiger partial charge in [0.25, 0.3) is 0 Å². The van der Waals surface area contributed by atoms with Crippen LogP contribution in [0.15, 0.2) is 158 Å². The molecule has 0 saturated heterocycles. The maximum Gasteiger partial charge on any atom is 0.0970 e. The Morgan fingerprint density at radius 2 is 0.630 bits per heavy atom. The lowest BCUT2D eigenvalue weighted by Gasteiger charge is -2.13. The van der Waals surface area contributed by atoms with E-state index in [1.807, 2.05) is 49.1 Å². The first-order valence-corrected chi connectivity index (χ1v) is 15.4. The molecule has 0 aliphatic carbocycles. The van der Waals surface area contributed by atoms with Crippen molar-refractivity contribution in [2.24, 2.45) is 0 Å². The van der Waals surface area contributed by atoms with Crippen molar-refractivity contribution in [3.8, 4) is 44.5 Å². The molecule has 0 aliphatic heterocycles. The topological polar surface area (TPSA) is 51.6 Å². The Hall–Kier alpha value is -6.26. The highest BCUT2D eigenvalue weighted by Gasteiger charge is 2.13. The van der Waals surface area contributed by atoms with Gasteiger partial charge in [-0.1, -0.05) is 78.9 Å². The lowest BCUT2D eigenvalue weighted by Crippen LogP contribution is -1.90. The number of aromatic nitrogens is 4. The monoisotopic (exact) mass is 586 g/mol. The predicted octanol–water partition coefficient (Wildman–Crippen LogP) is 10.5. The Bertz CT molecular complexity index is 2430. The molecule has 4 heteroatoms. The summed E-state index contributed by atoms with van der Waals surface area (Å²) in [6, 6.07) is 47.3. The van der Waals surface area contributed by atoms with E-state index in [2.05, 4.69) is 119 Å². The highest BCUT2D eigenvalue weighted by atomic mass is 14.7. The van der Waals surface area contributed by atoms with Crippen LogP contribution in [0.5, 0.6) is 0 Å². The van der Waals surface area contributed by atoms with Gasteiger partial charge < -0.3 is 0 Å². The first-order chi connectivity index (χ1) is 22.8. The van der Waals surface area contributed by atoms with E-state index >= 15 is 0 Å². The van der Waals surface area contributed by atoms with Gasteiger partial charge in [0.05, 0.1) is 22.1 Å². The highest BCUT2D eigenvalue weighted by Crippen LogP contribution is 2.37. The molecule has 214 valence electrons. The summed E-state index contributed by atoms with van der Waals surface area (Å²) in [6.45, 7) is 0. The number of pyridine rings is 4. The minimum Gasteiger partial charge on any atom is -0.254 e. The highest BCUT2D eigenvalue weighted by molar-refractivity contribution is 6.11. The van der Waals surface area contributed by atoms with Gasteiger partial charge in [0.2, 0.25) is 0 Å². The van der Waals surface area contributed by atoms with Crippen molar-refractivity contribution in [1.82, 2.24) is 19.9 Å². The summed E-state index contributed by atoms with van der Waals surface area (Å²) in [6.07, 6.45) is 7.34. The number of hydrogen-bond acceptors (Lipinski definition) is 4. The summed E-state index contributed by atoms with van der Waals surface area (Å²) in [5.74, 6) is 0. The minimum absolute atomic E-state index is 0.925. The van der Waals surface area contributed by atoms with E-state index in [0.29, 0.717) is 0 Å². The first-order valence-electron chi connectivity index (χ1n) is 15.4. The molecule has 0 amide bonds. The second kappa shape index (κ2) is 10.7. The fraction of sp³-hybridized carbons (Fsp3) is 0. The van der Waals surface area contributed by atoms with Crippen LogP contribution in [-0.4, -0.2) is 19.9 Å². The Kier molecular flexibility index (Phi) is 6.10. The maximum atomic E-state index is 4.71. The molecule has 4 aromatic heterocycles. The normalized spacial score (nSPS) is 11.5. The van der Waals surface area contributed by atoms with Crippen LogP contribution in [0.1, 0.15) is 0 Å². The summed E-state index contributed by atoms with van der Waals surface area (Å²) in [5, 5.41) is 4.37. The molecule has 0 saturated carbocycles. The fourth-order valence-corrected chi connectivity index (χ4v) is 6.64. The second-order valence-electron chi connectivity index (χ2n) is 11.5. The van der Waals surface area contributed by atoms with Crippen LogP contribution in [-0.2, 0) is 0 Å². The van der Waals surface area contributed by atoms with Crippen molar-refractivity contribution < 1.29 is 0 Å². The third-order valence-electron chi connectivity index (χ3n) is 8.80. The van der Waals surface area contributed by atoms with Crippen molar-refractivity contribution in [2.45, 2.75) is 0 Å². The molecule has 0 radical (unpaired) electrons.